The van der Waals surface area contributed by atoms with Crippen LogP contribution in [-0.4, -0.2) is 24.1 Å². The van der Waals surface area contributed by atoms with Gasteiger partial charge in [0.1, 0.15) is 10.7 Å². The van der Waals surface area contributed by atoms with Crippen LogP contribution in [0.3, 0.4) is 0 Å². The molecule has 1 aromatic carbocycles. The van der Waals surface area contributed by atoms with E-state index in [9.17, 15) is 10.1 Å². The third kappa shape index (κ3) is 3.11. The van der Waals surface area contributed by atoms with Crippen LogP contribution in [-0.2, 0) is 0 Å². The predicted molar refractivity (Wildman–Crippen MR) is 72.2 cm³/mol. The Kier molecular flexibility index (Phi) is 4.38. The molecule has 0 spiro atoms. The summed E-state index contributed by atoms with van der Waals surface area (Å²) >= 11 is 5.84. The highest BCUT2D eigenvalue weighted by molar-refractivity contribution is 6.33. The highest BCUT2D eigenvalue weighted by Crippen LogP contribution is 2.32. The molecular weight excluding hydrogens is 254 g/mol. The van der Waals surface area contributed by atoms with Crippen molar-refractivity contribution in [1.29, 1.82) is 0 Å². The normalized spacial score (nSPS) is 18.8. The molecule has 0 radical (unpaired) electrons. The molecule has 5 nitrogen and oxygen atoms in total. The summed E-state index contributed by atoms with van der Waals surface area (Å²) in [7, 11) is 0. The van der Waals surface area contributed by atoms with Gasteiger partial charge in [0.25, 0.3) is 0 Å². The molecule has 1 fully saturated rings. The van der Waals surface area contributed by atoms with Gasteiger partial charge in [0.2, 0.25) is 0 Å². The molecule has 0 amide bonds. The maximum atomic E-state index is 10.9. The van der Waals surface area contributed by atoms with Crippen LogP contribution in [0, 0.1) is 10.1 Å². The molecular formula is C12H16ClN3O2. The summed E-state index contributed by atoms with van der Waals surface area (Å²) in [5.41, 5.74) is 0.448. The zero-order chi connectivity index (χ0) is 13.0. The van der Waals surface area contributed by atoms with Crippen molar-refractivity contribution in [1.82, 2.24) is 5.32 Å². The SMILES string of the molecule is O=[N+]([O-])c1c(Cl)cccc1NCCC1CCCN1. The average molecular weight is 270 g/mol. The lowest BCUT2D eigenvalue weighted by molar-refractivity contribution is -0.383. The topological polar surface area (TPSA) is 67.2 Å². The van der Waals surface area contributed by atoms with Gasteiger partial charge in [-0.05, 0) is 37.9 Å². The van der Waals surface area contributed by atoms with Crippen LogP contribution < -0.4 is 10.6 Å². The van der Waals surface area contributed by atoms with Crippen LogP contribution in [0.25, 0.3) is 0 Å². The molecule has 1 aliphatic heterocycles. The second kappa shape index (κ2) is 6.02. The van der Waals surface area contributed by atoms with E-state index in [1.54, 1.807) is 12.1 Å². The molecule has 98 valence electrons. The lowest BCUT2D eigenvalue weighted by Crippen LogP contribution is -2.24. The van der Waals surface area contributed by atoms with Gasteiger partial charge in [-0.1, -0.05) is 17.7 Å². The van der Waals surface area contributed by atoms with E-state index in [-0.39, 0.29) is 10.7 Å². The molecule has 2 N–H and O–H groups in total. The Balaban J connectivity index is 1.96. The first-order chi connectivity index (χ1) is 8.68. The summed E-state index contributed by atoms with van der Waals surface area (Å²) in [5.74, 6) is 0. The lowest BCUT2D eigenvalue weighted by atomic mass is 10.1. The highest BCUT2D eigenvalue weighted by atomic mass is 35.5. The minimum Gasteiger partial charge on any atom is -0.379 e. The number of hydrogen-bond acceptors (Lipinski definition) is 4. The molecule has 2 rings (SSSR count). The number of nitrogens with one attached hydrogen (secondary N) is 2. The molecule has 1 unspecified atom stereocenters. The summed E-state index contributed by atoms with van der Waals surface area (Å²) in [5, 5.41) is 17.6. The van der Waals surface area contributed by atoms with Crippen molar-refractivity contribution in [2.24, 2.45) is 0 Å². The number of rotatable bonds is 5. The van der Waals surface area contributed by atoms with Crippen molar-refractivity contribution in [2.45, 2.75) is 25.3 Å². The number of nitro groups is 1. The van der Waals surface area contributed by atoms with Crippen molar-refractivity contribution in [3.05, 3.63) is 33.3 Å². The molecule has 1 saturated heterocycles. The zero-order valence-corrected chi connectivity index (χ0v) is 10.7. The van der Waals surface area contributed by atoms with E-state index < -0.39 is 4.92 Å². The summed E-state index contributed by atoms with van der Waals surface area (Å²) < 4.78 is 0. The Bertz CT molecular complexity index is 433. The Morgan fingerprint density at radius 3 is 3.06 bits per heavy atom. The minimum absolute atomic E-state index is 0.0430. The number of nitro benzene ring substituents is 1. The number of anilines is 1. The van der Waals surface area contributed by atoms with Crippen molar-refractivity contribution < 1.29 is 4.92 Å². The van der Waals surface area contributed by atoms with E-state index in [2.05, 4.69) is 10.6 Å². The predicted octanol–water partition coefficient (Wildman–Crippen LogP) is 2.80. The molecule has 1 heterocycles. The van der Waals surface area contributed by atoms with Gasteiger partial charge in [0.15, 0.2) is 0 Å². The van der Waals surface area contributed by atoms with Crippen LogP contribution >= 0.6 is 11.6 Å². The third-order valence-electron chi connectivity index (χ3n) is 3.14. The Morgan fingerprint density at radius 1 is 1.56 bits per heavy atom. The number of benzene rings is 1. The van der Waals surface area contributed by atoms with E-state index in [1.807, 2.05) is 0 Å². The minimum atomic E-state index is -0.446. The zero-order valence-electron chi connectivity index (χ0n) is 9.99. The van der Waals surface area contributed by atoms with Crippen molar-refractivity contribution in [3.8, 4) is 0 Å². The monoisotopic (exact) mass is 269 g/mol. The van der Waals surface area contributed by atoms with Gasteiger partial charge in [-0.3, -0.25) is 10.1 Å². The fourth-order valence-electron chi connectivity index (χ4n) is 2.23. The van der Waals surface area contributed by atoms with Crippen molar-refractivity contribution in [3.63, 3.8) is 0 Å². The smallest absolute Gasteiger partial charge is 0.310 e. The Labute approximate surface area is 111 Å². The lowest BCUT2D eigenvalue weighted by Gasteiger charge is -2.12. The van der Waals surface area contributed by atoms with Crippen molar-refractivity contribution in [2.75, 3.05) is 18.4 Å². The van der Waals surface area contributed by atoms with Gasteiger partial charge >= 0.3 is 5.69 Å². The molecule has 0 bridgehead atoms. The maximum Gasteiger partial charge on any atom is 0.310 e. The van der Waals surface area contributed by atoms with E-state index in [4.69, 9.17) is 11.6 Å². The maximum absolute atomic E-state index is 10.9. The van der Waals surface area contributed by atoms with Crippen LogP contribution in [0.4, 0.5) is 11.4 Å². The third-order valence-corrected chi connectivity index (χ3v) is 3.44. The summed E-state index contributed by atoms with van der Waals surface area (Å²) in [6.45, 7) is 1.78. The number of halogens is 1. The second-order valence-electron chi connectivity index (χ2n) is 4.40. The molecule has 0 saturated carbocycles. The van der Waals surface area contributed by atoms with Crippen molar-refractivity contribution >= 4 is 23.0 Å². The molecule has 1 aliphatic rings. The van der Waals surface area contributed by atoms with Gasteiger partial charge in [-0.25, -0.2) is 0 Å². The first kappa shape index (κ1) is 13.1. The van der Waals surface area contributed by atoms with Crippen LogP contribution in [0.2, 0.25) is 5.02 Å². The second-order valence-corrected chi connectivity index (χ2v) is 4.81. The van der Waals surface area contributed by atoms with E-state index in [0.29, 0.717) is 18.3 Å². The Morgan fingerprint density at radius 2 is 2.39 bits per heavy atom. The average Bonchev–Trinajstić information content (AvgIpc) is 2.81. The van der Waals surface area contributed by atoms with E-state index >= 15 is 0 Å². The first-order valence-electron chi connectivity index (χ1n) is 6.08. The van der Waals surface area contributed by atoms with Gasteiger partial charge in [0, 0.05) is 12.6 Å². The molecule has 0 aliphatic carbocycles. The van der Waals surface area contributed by atoms with Gasteiger partial charge in [-0.15, -0.1) is 0 Å². The fraction of sp³-hybridized carbons (Fsp3) is 0.500. The van der Waals surface area contributed by atoms with E-state index in [0.717, 1.165) is 13.0 Å². The standard InChI is InChI=1S/C12H16ClN3O2/c13-10-4-1-5-11(12(10)16(17)18)15-8-6-9-3-2-7-14-9/h1,4-5,9,14-15H,2-3,6-8H2. The Hall–Kier alpha value is -1.33. The van der Waals surface area contributed by atoms with Gasteiger partial charge < -0.3 is 10.6 Å². The quantitative estimate of drug-likeness (QED) is 0.637. The first-order valence-corrected chi connectivity index (χ1v) is 6.46. The molecule has 1 aromatic rings. The molecule has 1 atom stereocenters. The number of hydrogen-bond donors (Lipinski definition) is 2. The number of para-hydroxylation sites is 1. The molecule has 0 aromatic heterocycles. The fourth-order valence-corrected chi connectivity index (χ4v) is 2.47. The van der Waals surface area contributed by atoms with Gasteiger partial charge in [-0.2, -0.15) is 0 Å². The number of nitrogens with zero attached hydrogens (tertiary/aromatic N) is 1. The van der Waals surface area contributed by atoms with E-state index in [1.165, 1.54) is 18.9 Å². The highest BCUT2D eigenvalue weighted by Gasteiger charge is 2.18. The largest absolute Gasteiger partial charge is 0.379 e. The summed E-state index contributed by atoms with van der Waals surface area (Å²) in [4.78, 5) is 10.5. The van der Waals surface area contributed by atoms with Crippen LogP contribution in [0.15, 0.2) is 18.2 Å². The molecule has 6 heteroatoms. The summed E-state index contributed by atoms with van der Waals surface area (Å²) in [6.07, 6.45) is 3.35. The van der Waals surface area contributed by atoms with Crippen LogP contribution in [0.1, 0.15) is 19.3 Å². The summed E-state index contributed by atoms with van der Waals surface area (Å²) in [6, 6.07) is 5.46. The van der Waals surface area contributed by atoms with Crippen LogP contribution in [0.5, 0.6) is 0 Å². The van der Waals surface area contributed by atoms with Gasteiger partial charge in [0.05, 0.1) is 4.92 Å². The molecule has 18 heavy (non-hydrogen) atoms.